The van der Waals surface area contributed by atoms with Gasteiger partial charge < -0.3 is 20.4 Å². The SMILES string of the molecule is CC(C)(CC(=O)N1CCC(O)(c2ccc(Cl)cc2)C(C)(O)C1)NC(=O)c1ccccc1. The Morgan fingerprint density at radius 3 is 2.29 bits per heavy atom. The number of halogens is 1. The predicted molar refractivity (Wildman–Crippen MR) is 120 cm³/mol. The molecule has 3 N–H and O–H groups in total. The molecule has 31 heavy (non-hydrogen) atoms. The molecule has 0 spiro atoms. The summed E-state index contributed by atoms with van der Waals surface area (Å²) in [6, 6.07) is 15.5. The summed E-state index contributed by atoms with van der Waals surface area (Å²) in [6.45, 7) is 5.38. The third-order valence-corrected chi connectivity index (χ3v) is 6.14. The van der Waals surface area contributed by atoms with Gasteiger partial charge in [-0.25, -0.2) is 0 Å². The van der Waals surface area contributed by atoms with E-state index >= 15 is 0 Å². The lowest BCUT2D eigenvalue weighted by Gasteiger charge is -2.49. The largest absolute Gasteiger partial charge is 0.385 e. The number of rotatable bonds is 5. The van der Waals surface area contributed by atoms with Crippen molar-refractivity contribution >= 4 is 23.4 Å². The second kappa shape index (κ2) is 8.61. The number of carbonyl (C=O) groups is 2. The van der Waals surface area contributed by atoms with Gasteiger partial charge in [-0.3, -0.25) is 9.59 Å². The molecule has 2 amide bonds. The van der Waals surface area contributed by atoms with E-state index in [-0.39, 0.29) is 37.7 Å². The maximum atomic E-state index is 13.0. The van der Waals surface area contributed by atoms with Gasteiger partial charge in [0.2, 0.25) is 5.91 Å². The number of carbonyl (C=O) groups excluding carboxylic acids is 2. The van der Waals surface area contributed by atoms with Crippen LogP contribution < -0.4 is 5.32 Å². The van der Waals surface area contributed by atoms with Gasteiger partial charge >= 0.3 is 0 Å². The van der Waals surface area contributed by atoms with Crippen LogP contribution >= 0.6 is 11.6 Å². The monoisotopic (exact) mass is 444 g/mol. The highest BCUT2D eigenvalue weighted by molar-refractivity contribution is 6.30. The molecule has 0 aromatic heterocycles. The van der Waals surface area contributed by atoms with Crippen molar-refractivity contribution in [3.63, 3.8) is 0 Å². The molecular weight excluding hydrogens is 416 g/mol. The molecule has 166 valence electrons. The van der Waals surface area contributed by atoms with E-state index in [2.05, 4.69) is 5.32 Å². The van der Waals surface area contributed by atoms with E-state index in [1.165, 1.54) is 6.92 Å². The Balaban J connectivity index is 1.66. The van der Waals surface area contributed by atoms with E-state index in [1.807, 2.05) is 6.07 Å². The van der Waals surface area contributed by atoms with E-state index in [0.717, 1.165) is 0 Å². The Bertz CT molecular complexity index is 944. The van der Waals surface area contributed by atoms with E-state index in [1.54, 1.807) is 67.3 Å². The quantitative estimate of drug-likeness (QED) is 0.661. The summed E-state index contributed by atoms with van der Waals surface area (Å²) in [6.07, 6.45) is 0.255. The number of nitrogens with zero attached hydrogens (tertiary/aromatic N) is 1. The average Bonchev–Trinajstić information content (AvgIpc) is 2.70. The zero-order valence-corrected chi connectivity index (χ0v) is 18.8. The topological polar surface area (TPSA) is 89.9 Å². The van der Waals surface area contributed by atoms with Crippen LogP contribution in [-0.4, -0.2) is 51.2 Å². The van der Waals surface area contributed by atoms with Gasteiger partial charge in [-0.15, -0.1) is 0 Å². The smallest absolute Gasteiger partial charge is 0.251 e. The highest BCUT2D eigenvalue weighted by Gasteiger charge is 2.51. The van der Waals surface area contributed by atoms with Gasteiger partial charge in [0.25, 0.3) is 5.91 Å². The molecule has 0 radical (unpaired) electrons. The standard InChI is InChI=1S/C24H29ClN2O4/c1-22(2,26-21(29)17-7-5-4-6-8-17)15-20(28)27-14-13-24(31,23(3,30)16-27)18-9-11-19(25)12-10-18/h4-12,30-31H,13-16H2,1-3H3,(H,26,29). The van der Waals surface area contributed by atoms with Crippen LogP contribution in [0.5, 0.6) is 0 Å². The molecule has 1 saturated heterocycles. The van der Waals surface area contributed by atoms with Crippen molar-refractivity contribution in [3.05, 3.63) is 70.7 Å². The fourth-order valence-corrected chi connectivity index (χ4v) is 4.17. The Hall–Kier alpha value is -2.41. The molecule has 1 heterocycles. The number of β-amino-alcohol motifs (C(OH)–C–C–N with tert-alkyl or cyclic N) is 1. The number of piperidine rings is 1. The lowest BCUT2D eigenvalue weighted by molar-refractivity contribution is -0.191. The van der Waals surface area contributed by atoms with Crippen LogP contribution in [0.15, 0.2) is 54.6 Å². The molecule has 2 aromatic carbocycles. The number of benzene rings is 2. The van der Waals surface area contributed by atoms with Crippen LogP contribution in [0.2, 0.25) is 5.02 Å². The van der Waals surface area contributed by atoms with Crippen molar-refractivity contribution < 1.29 is 19.8 Å². The third kappa shape index (κ3) is 5.09. The average molecular weight is 445 g/mol. The Morgan fingerprint density at radius 1 is 1.10 bits per heavy atom. The summed E-state index contributed by atoms with van der Waals surface area (Å²) in [7, 11) is 0. The van der Waals surface area contributed by atoms with Crippen molar-refractivity contribution in [1.82, 2.24) is 10.2 Å². The number of hydrogen-bond acceptors (Lipinski definition) is 4. The van der Waals surface area contributed by atoms with Crippen LogP contribution in [0, 0.1) is 0 Å². The van der Waals surface area contributed by atoms with E-state index in [0.29, 0.717) is 16.1 Å². The second-order valence-corrected chi connectivity index (χ2v) is 9.52. The minimum atomic E-state index is -1.55. The zero-order chi connectivity index (χ0) is 22.9. The van der Waals surface area contributed by atoms with Crippen molar-refractivity contribution in [2.24, 2.45) is 0 Å². The third-order valence-electron chi connectivity index (χ3n) is 5.89. The fraction of sp³-hybridized carbons (Fsp3) is 0.417. The lowest BCUT2D eigenvalue weighted by Crippen LogP contribution is -2.63. The minimum absolute atomic E-state index is 0.0202. The summed E-state index contributed by atoms with van der Waals surface area (Å²) in [5.41, 5.74) is -2.74. The van der Waals surface area contributed by atoms with E-state index in [4.69, 9.17) is 11.6 Å². The normalized spacial score (nSPS) is 24.0. The molecule has 3 rings (SSSR count). The molecule has 1 aliphatic heterocycles. The lowest BCUT2D eigenvalue weighted by atomic mass is 9.73. The van der Waals surface area contributed by atoms with Crippen LogP contribution in [0.4, 0.5) is 0 Å². The maximum Gasteiger partial charge on any atom is 0.251 e. The van der Waals surface area contributed by atoms with Crippen LogP contribution in [0.1, 0.15) is 49.5 Å². The summed E-state index contributed by atoms with van der Waals surface area (Å²) in [4.78, 5) is 27.0. The minimum Gasteiger partial charge on any atom is -0.385 e. The Kier molecular flexibility index (Phi) is 6.46. The first-order chi connectivity index (χ1) is 14.4. The molecular formula is C24H29ClN2O4. The van der Waals surface area contributed by atoms with Gasteiger partial charge in [0.15, 0.2) is 0 Å². The highest BCUT2D eigenvalue weighted by atomic mass is 35.5. The van der Waals surface area contributed by atoms with E-state index in [9.17, 15) is 19.8 Å². The van der Waals surface area contributed by atoms with Crippen molar-refractivity contribution in [1.29, 1.82) is 0 Å². The predicted octanol–water partition coefficient (Wildman–Crippen LogP) is 3.11. The van der Waals surface area contributed by atoms with Gasteiger partial charge in [-0.05, 0) is 50.6 Å². The van der Waals surface area contributed by atoms with Gasteiger partial charge in [0.05, 0.1) is 6.54 Å². The molecule has 2 unspecified atom stereocenters. The summed E-state index contributed by atoms with van der Waals surface area (Å²) < 4.78 is 0. The van der Waals surface area contributed by atoms with Gasteiger partial charge in [0.1, 0.15) is 11.2 Å². The summed E-state index contributed by atoms with van der Waals surface area (Å²) in [5.74, 6) is -0.446. The fourth-order valence-electron chi connectivity index (χ4n) is 4.04. The first-order valence-electron chi connectivity index (χ1n) is 10.3. The molecule has 7 heteroatoms. The molecule has 0 saturated carbocycles. The summed E-state index contributed by atoms with van der Waals surface area (Å²) >= 11 is 5.94. The van der Waals surface area contributed by atoms with E-state index < -0.39 is 16.7 Å². The zero-order valence-electron chi connectivity index (χ0n) is 18.1. The summed E-state index contributed by atoms with van der Waals surface area (Å²) in [5, 5.41) is 25.8. The number of aliphatic hydroxyl groups is 2. The number of nitrogens with one attached hydrogen (secondary N) is 1. The van der Waals surface area contributed by atoms with Crippen LogP contribution in [0.25, 0.3) is 0 Å². The Morgan fingerprint density at radius 2 is 1.71 bits per heavy atom. The van der Waals surface area contributed by atoms with Gasteiger partial charge in [-0.2, -0.15) is 0 Å². The van der Waals surface area contributed by atoms with Gasteiger partial charge in [0, 0.05) is 35.5 Å². The van der Waals surface area contributed by atoms with Crippen LogP contribution in [0.3, 0.4) is 0 Å². The second-order valence-electron chi connectivity index (χ2n) is 9.09. The van der Waals surface area contributed by atoms with Crippen molar-refractivity contribution in [3.8, 4) is 0 Å². The highest BCUT2D eigenvalue weighted by Crippen LogP contribution is 2.40. The van der Waals surface area contributed by atoms with Gasteiger partial charge in [-0.1, -0.05) is 41.9 Å². The first kappa shape index (κ1) is 23.3. The molecule has 1 aliphatic rings. The first-order valence-corrected chi connectivity index (χ1v) is 10.7. The van der Waals surface area contributed by atoms with Crippen LogP contribution in [-0.2, 0) is 10.4 Å². The molecule has 0 bridgehead atoms. The Labute approximate surface area is 187 Å². The number of amides is 2. The molecule has 2 atom stereocenters. The molecule has 2 aromatic rings. The number of hydrogen-bond donors (Lipinski definition) is 3. The number of likely N-dealkylation sites (tertiary alicyclic amines) is 1. The molecule has 1 fully saturated rings. The van der Waals surface area contributed by atoms with Crippen molar-refractivity contribution in [2.75, 3.05) is 13.1 Å². The molecule has 0 aliphatic carbocycles. The molecule has 6 nitrogen and oxygen atoms in total. The van der Waals surface area contributed by atoms with Crippen molar-refractivity contribution in [2.45, 2.75) is 50.4 Å². The maximum absolute atomic E-state index is 13.0.